The standard InChI is InChI=1S/C15H24ClNO2/c1-18-9-10-19-8-4-5-13(12-17)11-14-6-2-3-7-15(14)16/h2-3,6-7,13H,4-5,8-12,17H2,1H3. The molecule has 0 spiro atoms. The van der Waals surface area contributed by atoms with Crippen molar-refractivity contribution in [3.63, 3.8) is 0 Å². The molecule has 2 N–H and O–H groups in total. The Morgan fingerprint density at radius 1 is 1.21 bits per heavy atom. The smallest absolute Gasteiger partial charge is 0.0700 e. The Balaban J connectivity index is 2.24. The van der Waals surface area contributed by atoms with Gasteiger partial charge < -0.3 is 15.2 Å². The highest BCUT2D eigenvalue weighted by Gasteiger charge is 2.09. The summed E-state index contributed by atoms with van der Waals surface area (Å²) in [6.45, 7) is 2.76. The van der Waals surface area contributed by atoms with E-state index >= 15 is 0 Å². The van der Waals surface area contributed by atoms with E-state index in [0.29, 0.717) is 25.7 Å². The number of nitrogens with two attached hydrogens (primary N) is 1. The molecule has 0 fully saturated rings. The van der Waals surface area contributed by atoms with Crippen LogP contribution >= 0.6 is 11.6 Å². The van der Waals surface area contributed by atoms with Crippen LogP contribution < -0.4 is 5.73 Å². The van der Waals surface area contributed by atoms with Crippen molar-refractivity contribution in [2.45, 2.75) is 19.3 Å². The van der Waals surface area contributed by atoms with Gasteiger partial charge in [0.05, 0.1) is 13.2 Å². The molecule has 0 saturated heterocycles. The van der Waals surface area contributed by atoms with Crippen molar-refractivity contribution in [2.75, 3.05) is 33.5 Å². The predicted molar refractivity (Wildman–Crippen MR) is 79.6 cm³/mol. The van der Waals surface area contributed by atoms with Gasteiger partial charge in [0.25, 0.3) is 0 Å². The molecular formula is C15H24ClNO2. The minimum atomic E-state index is 0.464. The van der Waals surface area contributed by atoms with Crippen LogP contribution in [0.25, 0.3) is 0 Å². The maximum Gasteiger partial charge on any atom is 0.0700 e. The van der Waals surface area contributed by atoms with Gasteiger partial charge in [-0.15, -0.1) is 0 Å². The molecule has 1 rings (SSSR count). The zero-order valence-corrected chi connectivity index (χ0v) is 12.4. The van der Waals surface area contributed by atoms with Crippen LogP contribution in [-0.2, 0) is 15.9 Å². The number of methoxy groups -OCH3 is 1. The summed E-state index contributed by atoms with van der Waals surface area (Å²) in [5.41, 5.74) is 7.01. The molecule has 4 heteroatoms. The van der Waals surface area contributed by atoms with E-state index in [9.17, 15) is 0 Å². The minimum absolute atomic E-state index is 0.464. The topological polar surface area (TPSA) is 44.5 Å². The molecule has 0 aromatic heterocycles. The molecule has 0 heterocycles. The third kappa shape index (κ3) is 6.92. The van der Waals surface area contributed by atoms with E-state index in [4.69, 9.17) is 26.8 Å². The molecule has 0 aliphatic heterocycles. The molecule has 108 valence electrons. The normalized spacial score (nSPS) is 12.6. The molecule has 0 aliphatic rings. The summed E-state index contributed by atoms with van der Waals surface area (Å²) in [5.74, 6) is 0.464. The van der Waals surface area contributed by atoms with Crippen LogP contribution in [0.3, 0.4) is 0 Å². The molecule has 0 bridgehead atoms. The lowest BCUT2D eigenvalue weighted by atomic mass is 9.95. The fourth-order valence-corrected chi connectivity index (χ4v) is 2.21. The van der Waals surface area contributed by atoms with Crippen molar-refractivity contribution in [1.82, 2.24) is 0 Å². The molecule has 1 aromatic carbocycles. The van der Waals surface area contributed by atoms with Crippen LogP contribution in [0.1, 0.15) is 18.4 Å². The number of hydrogen-bond acceptors (Lipinski definition) is 3. The van der Waals surface area contributed by atoms with Crippen molar-refractivity contribution in [2.24, 2.45) is 11.7 Å². The summed E-state index contributed by atoms with van der Waals surface area (Å²) in [5, 5.41) is 0.831. The van der Waals surface area contributed by atoms with E-state index in [2.05, 4.69) is 6.07 Å². The first-order valence-corrected chi connectivity index (χ1v) is 7.16. The maximum absolute atomic E-state index is 6.16. The molecule has 3 nitrogen and oxygen atoms in total. The SMILES string of the molecule is COCCOCCCC(CN)Cc1ccccc1Cl. The average molecular weight is 286 g/mol. The zero-order valence-electron chi connectivity index (χ0n) is 11.6. The second-order valence-electron chi connectivity index (χ2n) is 4.64. The van der Waals surface area contributed by atoms with E-state index < -0.39 is 0 Å². The highest BCUT2D eigenvalue weighted by atomic mass is 35.5. The number of benzene rings is 1. The summed E-state index contributed by atoms with van der Waals surface area (Å²) in [6, 6.07) is 7.97. The van der Waals surface area contributed by atoms with Crippen LogP contribution in [-0.4, -0.2) is 33.5 Å². The quantitative estimate of drug-likeness (QED) is 0.672. The van der Waals surface area contributed by atoms with Crippen molar-refractivity contribution in [3.05, 3.63) is 34.9 Å². The molecule has 19 heavy (non-hydrogen) atoms. The first kappa shape index (κ1) is 16.4. The van der Waals surface area contributed by atoms with Gasteiger partial charge in [-0.3, -0.25) is 0 Å². The number of halogens is 1. The molecule has 0 saturated carbocycles. The molecule has 1 unspecified atom stereocenters. The summed E-state index contributed by atoms with van der Waals surface area (Å²) in [4.78, 5) is 0. The fourth-order valence-electron chi connectivity index (χ4n) is 2.00. The lowest BCUT2D eigenvalue weighted by Gasteiger charge is -2.15. The predicted octanol–water partition coefficient (Wildman–Crippen LogP) is 2.90. The van der Waals surface area contributed by atoms with E-state index in [0.717, 1.165) is 30.9 Å². The van der Waals surface area contributed by atoms with Crippen LogP contribution in [0.2, 0.25) is 5.02 Å². The number of ether oxygens (including phenoxy) is 2. The molecular weight excluding hydrogens is 262 g/mol. The van der Waals surface area contributed by atoms with Gasteiger partial charge >= 0.3 is 0 Å². The summed E-state index contributed by atoms with van der Waals surface area (Å²) < 4.78 is 10.4. The van der Waals surface area contributed by atoms with Crippen molar-refractivity contribution in [3.8, 4) is 0 Å². The Kier molecular flexibility index (Phi) is 8.84. The fraction of sp³-hybridized carbons (Fsp3) is 0.600. The first-order valence-electron chi connectivity index (χ1n) is 6.78. The largest absolute Gasteiger partial charge is 0.382 e. The Morgan fingerprint density at radius 3 is 2.68 bits per heavy atom. The summed E-state index contributed by atoms with van der Waals surface area (Å²) in [6.07, 6.45) is 3.03. The Morgan fingerprint density at radius 2 is 2.00 bits per heavy atom. The zero-order chi connectivity index (χ0) is 13.9. The lowest BCUT2D eigenvalue weighted by molar-refractivity contribution is 0.0673. The summed E-state index contributed by atoms with van der Waals surface area (Å²) in [7, 11) is 1.68. The summed E-state index contributed by atoms with van der Waals surface area (Å²) >= 11 is 6.16. The Labute approximate surface area is 121 Å². The van der Waals surface area contributed by atoms with Crippen LogP contribution in [0, 0.1) is 5.92 Å². The molecule has 0 aliphatic carbocycles. The van der Waals surface area contributed by atoms with Gasteiger partial charge in [0, 0.05) is 18.7 Å². The average Bonchev–Trinajstić information content (AvgIpc) is 2.43. The first-order chi connectivity index (χ1) is 9.27. The molecule has 1 aromatic rings. The minimum Gasteiger partial charge on any atom is -0.382 e. The lowest BCUT2D eigenvalue weighted by Crippen LogP contribution is -2.18. The monoisotopic (exact) mass is 285 g/mol. The molecule has 1 atom stereocenters. The van der Waals surface area contributed by atoms with Gasteiger partial charge in [0.15, 0.2) is 0 Å². The van der Waals surface area contributed by atoms with Crippen LogP contribution in [0.5, 0.6) is 0 Å². The highest BCUT2D eigenvalue weighted by Crippen LogP contribution is 2.20. The van der Waals surface area contributed by atoms with E-state index in [-0.39, 0.29) is 0 Å². The van der Waals surface area contributed by atoms with Gasteiger partial charge in [-0.1, -0.05) is 29.8 Å². The van der Waals surface area contributed by atoms with Crippen molar-refractivity contribution >= 4 is 11.6 Å². The van der Waals surface area contributed by atoms with Crippen LogP contribution in [0.15, 0.2) is 24.3 Å². The molecule has 0 radical (unpaired) electrons. The Bertz CT molecular complexity index is 347. The second-order valence-corrected chi connectivity index (χ2v) is 5.05. The highest BCUT2D eigenvalue weighted by molar-refractivity contribution is 6.31. The molecule has 0 amide bonds. The Hall–Kier alpha value is -0.610. The van der Waals surface area contributed by atoms with Gasteiger partial charge in [0.1, 0.15) is 0 Å². The van der Waals surface area contributed by atoms with Crippen molar-refractivity contribution in [1.29, 1.82) is 0 Å². The van der Waals surface area contributed by atoms with Crippen LogP contribution in [0.4, 0.5) is 0 Å². The van der Waals surface area contributed by atoms with Gasteiger partial charge in [-0.2, -0.15) is 0 Å². The third-order valence-electron chi connectivity index (χ3n) is 3.13. The van der Waals surface area contributed by atoms with Crippen molar-refractivity contribution < 1.29 is 9.47 Å². The van der Waals surface area contributed by atoms with E-state index in [1.807, 2.05) is 18.2 Å². The van der Waals surface area contributed by atoms with E-state index in [1.54, 1.807) is 7.11 Å². The maximum atomic E-state index is 6.16. The van der Waals surface area contributed by atoms with Gasteiger partial charge in [0.2, 0.25) is 0 Å². The van der Waals surface area contributed by atoms with Gasteiger partial charge in [-0.05, 0) is 43.4 Å². The number of rotatable bonds is 10. The number of hydrogen-bond donors (Lipinski definition) is 1. The second kappa shape index (κ2) is 10.2. The third-order valence-corrected chi connectivity index (χ3v) is 3.50. The van der Waals surface area contributed by atoms with Gasteiger partial charge in [-0.25, -0.2) is 0 Å². The van der Waals surface area contributed by atoms with E-state index in [1.165, 1.54) is 5.56 Å².